The van der Waals surface area contributed by atoms with Crippen molar-refractivity contribution in [3.63, 3.8) is 0 Å². The predicted octanol–water partition coefficient (Wildman–Crippen LogP) is 5.62. The van der Waals surface area contributed by atoms with Gasteiger partial charge in [-0.2, -0.15) is 5.10 Å². The highest BCUT2D eigenvalue weighted by Crippen LogP contribution is 2.30. The minimum atomic E-state index is -0.239. The van der Waals surface area contributed by atoms with Gasteiger partial charge < -0.3 is 4.74 Å². The maximum atomic E-state index is 12.2. The Morgan fingerprint density at radius 1 is 0.833 bits per heavy atom. The monoisotopic (exact) mass is 396 g/mol. The molecule has 0 unspecified atom stereocenters. The first-order valence-electron chi connectivity index (χ1n) is 10.1. The molecule has 1 heterocycles. The maximum absolute atomic E-state index is 12.2. The number of ether oxygens (including phenoxy) is 1. The molecule has 0 aliphatic heterocycles. The van der Waals surface area contributed by atoms with Crippen molar-refractivity contribution in [2.75, 3.05) is 6.61 Å². The third-order valence-corrected chi connectivity index (χ3v) is 5.08. The van der Waals surface area contributed by atoms with E-state index in [4.69, 9.17) is 9.84 Å². The van der Waals surface area contributed by atoms with Gasteiger partial charge in [0.2, 0.25) is 0 Å². The topological polar surface area (TPSA) is 44.1 Å². The lowest BCUT2D eigenvalue weighted by Gasteiger charge is -2.11. The lowest BCUT2D eigenvalue weighted by atomic mass is 10.0. The van der Waals surface area contributed by atoms with Crippen molar-refractivity contribution in [2.45, 2.75) is 20.3 Å². The Bertz CT molecular complexity index is 1130. The number of hydrogen-bond acceptors (Lipinski definition) is 3. The van der Waals surface area contributed by atoms with Gasteiger partial charge in [0.1, 0.15) is 0 Å². The first-order chi connectivity index (χ1) is 14.7. The molecule has 0 N–H and O–H groups in total. The Morgan fingerprint density at radius 3 is 2.00 bits per heavy atom. The summed E-state index contributed by atoms with van der Waals surface area (Å²) in [5, 5.41) is 4.78. The van der Waals surface area contributed by atoms with Gasteiger partial charge in [0.15, 0.2) is 0 Å². The molecule has 30 heavy (non-hydrogen) atoms. The number of nitrogens with zero attached hydrogens (tertiary/aromatic N) is 2. The van der Waals surface area contributed by atoms with E-state index in [9.17, 15) is 4.79 Å². The summed E-state index contributed by atoms with van der Waals surface area (Å²) in [4.78, 5) is 12.2. The zero-order valence-electron chi connectivity index (χ0n) is 17.2. The van der Waals surface area contributed by atoms with E-state index in [0.717, 1.165) is 33.8 Å². The molecule has 0 bridgehead atoms. The Balaban J connectivity index is 1.79. The minimum absolute atomic E-state index is 0.200. The molecule has 150 valence electrons. The number of aromatic nitrogens is 2. The van der Waals surface area contributed by atoms with Crippen molar-refractivity contribution in [1.82, 2.24) is 9.78 Å². The highest BCUT2D eigenvalue weighted by Gasteiger charge is 2.21. The normalized spacial score (nSPS) is 10.7. The fraction of sp³-hybridized carbons (Fsp3) is 0.154. The number of hydrogen-bond donors (Lipinski definition) is 0. The molecule has 0 aliphatic carbocycles. The van der Waals surface area contributed by atoms with Gasteiger partial charge in [0.25, 0.3) is 0 Å². The molecule has 3 aromatic carbocycles. The molecule has 0 amide bonds. The van der Waals surface area contributed by atoms with Gasteiger partial charge in [-0.25, -0.2) is 4.68 Å². The van der Waals surface area contributed by atoms with Gasteiger partial charge >= 0.3 is 5.97 Å². The number of benzene rings is 3. The van der Waals surface area contributed by atoms with Crippen molar-refractivity contribution < 1.29 is 9.53 Å². The van der Waals surface area contributed by atoms with E-state index in [1.807, 2.05) is 67.1 Å². The number of aryl methyl sites for hydroxylation is 1. The van der Waals surface area contributed by atoms with Crippen molar-refractivity contribution in [3.05, 3.63) is 96.2 Å². The van der Waals surface area contributed by atoms with Crippen LogP contribution >= 0.6 is 0 Å². The summed E-state index contributed by atoms with van der Waals surface area (Å²) in [5.74, 6) is -0.239. The number of esters is 1. The van der Waals surface area contributed by atoms with Gasteiger partial charge in [-0.1, -0.05) is 72.8 Å². The van der Waals surface area contributed by atoms with E-state index in [2.05, 4.69) is 36.4 Å². The van der Waals surface area contributed by atoms with Crippen LogP contribution in [0.25, 0.3) is 28.1 Å². The Morgan fingerprint density at radius 2 is 1.40 bits per heavy atom. The van der Waals surface area contributed by atoms with Crippen LogP contribution < -0.4 is 0 Å². The number of rotatable bonds is 6. The Kier molecular flexibility index (Phi) is 5.75. The minimum Gasteiger partial charge on any atom is -0.466 e. The van der Waals surface area contributed by atoms with E-state index < -0.39 is 0 Å². The van der Waals surface area contributed by atoms with E-state index in [1.54, 1.807) is 0 Å². The third kappa shape index (κ3) is 4.03. The first-order valence-corrected chi connectivity index (χ1v) is 10.1. The van der Waals surface area contributed by atoms with Gasteiger partial charge in [-0.05, 0) is 37.1 Å². The smallest absolute Gasteiger partial charge is 0.310 e. The van der Waals surface area contributed by atoms with Crippen LogP contribution in [0.1, 0.15) is 18.2 Å². The lowest BCUT2D eigenvalue weighted by Crippen LogP contribution is -2.09. The van der Waals surface area contributed by atoms with Crippen LogP contribution in [0.4, 0.5) is 0 Å². The third-order valence-electron chi connectivity index (χ3n) is 5.08. The van der Waals surface area contributed by atoms with Crippen molar-refractivity contribution in [2.24, 2.45) is 0 Å². The van der Waals surface area contributed by atoms with Crippen LogP contribution in [0.3, 0.4) is 0 Å². The van der Waals surface area contributed by atoms with Crippen LogP contribution in [-0.4, -0.2) is 22.4 Å². The second kappa shape index (κ2) is 8.78. The highest BCUT2D eigenvalue weighted by molar-refractivity contribution is 5.78. The zero-order chi connectivity index (χ0) is 20.9. The fourth-order valence-electron chi connectivity index (χ4n) is 3.63. The largest absolute Gasteiger partial charge is 0.466 e. The van der Waals surface area contributed by atoms with E-state index in [0.29, 0.717) is 6.61 Å². The van der Waals surface area contributed by atoms with Crippen LogP contribution in [0.15, 0.2) is 84.9 Å². The molecule has 4 aromatic rings. The molecule has 0 saturated carbocycles. The molecule has 0 aliphatic rings. The molecule has 4 rings (SSSR count). The number of carbonyl (C=O) groups excluding carboxylic acids is 1. The first kappa shape index (κ1) is 19.6. The Hall–Kier alpha value is -3.66. The van der Waals surface area contributed by atoms with Gasteiger partial charge in [-0.15, -0.1) is 0 Å². The van der Waals surface area contributed by atoms with Crippen molar-refractivity contribution in [3.8, 4) is 28.1 Å². The van der Waals surface area contributed by atoms with Gasteiger partial charge in [0.05, 0.1) is 30.1 Å². The van der Waals surface area contributed by atoms with E-state index in [1.165, 1.54) is 5.56 Å². The van der Waals surface area contributed by atoms with Crippen molar-refractivity contribution in [1.29, 1.82) is 0 Å². The van der Waals surface area contributed by atoms with E-state index in [-0.39, 0.29) is 12.4 Å². The molecular formula is C26H24N2O2. The maximum Gasteiger partial charge on any atom is 0.310 e. The molecule has 0 atom stereocenters. The summed E-state index contributed by atoms with van der Waals surface area (Å²) in [5.41, 5.74) is 6.94. The quantitative estimate of drug-likeness (QED) is 0.397. The standard InChI is InChI=1S/C26H24N2O2/c1-3-30-25(29)18-24-19(2)27-28(26(24)22-12-8-5-9-13-22)23-16-14-21(15-17-23)20-10-6-4-7-11-20/h4-17H,3,18H2,1-2H3. The second-order valence-corrected chi connectivity index (χ2v) is 7.09. The van der Waals surface area contributed by atoms with Crippen LogP contribution in [0.5, 0.6) is 0 Å². The predicted molar refractivity (Wildman–Crippen MR) is 120 cm³/mol. The molecule has 0 fully saturated rings. The van der Waals surface area contributed by atoms with Gasteiger partial charge in [-0.3, -0.25) is 4.79 Å². The van der Waals surface area contributed by atoms with E-state index >= 15 is 0 Å². The van der Waals surface area contributed by atoms with Gasteiger partial charge in [0, 0.05) is 11.1 Å². The van der Waals surface area contributed by atoms with Crippen LogP contribution in [0, 0.1) is 6.92 Å². The highest BCUT2D eigenvalue weighted by atomic mass is 16.5. The molecule has 0 radical (unpaired) electrons. The summed E-state index contributed by atoms with van der Waals surface area (Å²) < 4.78 is 7.12. The summed E-state index contributed by atoms with van der Waals surface area (Å²) in [6.45, 7) is 4.13. The zero-order valence-corrected chi connectivity index (χ0v) is 17.2. The average molecular weight is 396 g/mol. The Labute approximate surface area is 176 Å². The molecule has 4 nitrogen and oxygen atoms in total. The fourth-order valence-corrected chi connectivity index (χ4v) is 3.63. The summed E-state index contributed by atoms with van der Waals surface area (Å²) in [6.07, 6.45) is 0.200. The summed E-state index contributed by atoms with van der Waals surface area (Å²) in [6, 6.07) is 28.7. The molecule has 0 saturated heterocycles. The average Bonchev–Trinajstić information content (AvgIpc) is 3.11. The molecule has 0 spiro atoms. The number of carbonyl (C=O) groups is 1. The molecule has 1 aromatic heterocycles. The lowest BCUT2D eigenvalue weighted by molar-refractivity contribution is -0.142. The molecular weight excluding hydrogens is 372 g/mol. The second-order valence-electron chi connectivity index (χ2n) is 7.09. The summed E-state index contributed by atoms with van der Waals surface area (Å²) >= 11 is 0. The van der Waals surface area contributed by atoms with Crippen LogP contribution in [0.2, 0.25) is 0 Å². The summed E-state index contributed by atoms with van der Waals surface area (Å²) in [7, 11) is 0. The van der Waals surface area contributed by atoms with Crippen molar-refractivity contribution >= 4 is 5.97 Å². The SMILES string of the molecule is CCOC(=O)Cc1c(C)nn(-c2ccc(-c3ccccc3)cc2)c1-c1ccccc1. The van der Waals surface area contributed by atoms with Crippen LogP contribution in [-0.2, 0) is 16.0 Å². The molecule has 4 heteroatoms.